The Balaban J connectivity index is 2.26. The van der Waals surface area contributed by atoms with Crippen molar-refractivity contribution in [3.05, 3.63) is 48.4 Å². The number of hydrogen-bond donors (Lipinski definition) is 1. The van der Waals surface area contributed by atoms with Crippen LogP contribution in [-0.2, 0) is 9.53 Å². The highest BCUT2D eigenvalue weighted by atomic mass is 16.5. The van der Waals surface area contributed by atoms with Gasteiger partial charge in [0, 0.05) is 12.7 Å². The topological polar surface area (TPSA) is 59.7 Å². The molecule has 0 radical (unpaired) electrons. The lowest BCUT2D eigenvalue weighted by atomic mass is 10.0. The molecular formula is C13H12O4. The molecule has 0 saturated heterocycles. The number of furan rings is 1. The maximum absolute atomic E-state index is 10.9. The molecule has 0 bridgehead atoms. The number of carboxylic acid groups (broad SMARTS) is 1. The highest BCUT2D eigenvalue weighted by Crippen LogP contribution is 2.23. The molecule has 4 nitrogen and oxygen atoms in total. The molecule has 1 aromatic heterocycles. The predicted octanol–water partition coefficient (Wildman–Crippen LogP) is 2.72. The fourth-order valence-corrected chi connectivity index (χ4v) is 1.66. The van der Waals surface area contributed by atoms with E-state index < -0.39 is 12.1 Å². The van der Waals surface area contributed by atoms with Gasteiger partial charge in [-0.05, 0) is 17.2 Å². The van der Waals surface area contributed by atoms with Gasteiger partial charge in [0.1, 0.15) is 0 Å². The maximum atomic E-state index is 10.9. The van der Waals surface area contributed by atoms with E-state index in [0.29, 0.717) is 5.56 Å². The third-order valence-corrected chi connectivity index (χ3v) is 2.53. The number of benzene rings is 1. The van der Waals surface area contributed by atoms with E-state index >= 15 is 0 Å². The maximum Gasteiger partial charge on any atom is 0.337 e. The van der Waals surface area contributed by atoms with Crippen LogP contribution in [0.1, 0.15) is 11.7 Å². The standard InChI is InChI=1S/C13H12O4/c1-16-12(13(14)15)10-4-2-9(3-5-10)11-6-7-17-8-11/h2-8,12H,1H3,(H,14,15). The summed E-state index contributed by atoms with van der Waals surface area (Å²) in [5.74, 6) is -0.997. The highest BCUT2D eigenvalue weighted by Gasteiger charge is 2.18. The largest absolute Gasteiger partial charge is 0.479 e. The summed E-state index contributed by atoms with van der Waals surface area (Å²) in [5.41, 5.74) is 2.55. The first-order valence-corrected chi connectivity index (χ1v) is 5.10. The van der Waals surface area contributed by atoms with Crippen LogP contribution in [0.2, 0.25) is 0 Å². The van der Waals surface area contributed by atoms with Gasteiger partial charge in [0.15, 0.2) is 6.10 Å². The molecular weight excluding hydrogens is 220 g/mol. The average Bonchev–Trinajstić information content (AvgIpc) is 2.84. The zero-order valence-corrected chi connectivity index (χ0v) is 9.29. The Morgan fingerprint density at radius 2 is 1.94 bits per heavy atom. The van der Waals surface area contributed by atoms with Crippen molar-refractivity contribution in [3.8, 4) is 11.1 Å². The van der Waals surface area contributed by atoms with Gasteiger partial charge in [0.2, 0.25) is 0 Å². The first-order chi connectivity index (χ1) is 8.22. The van der Waals surface area contributed by atoms with E-state index in [9.17, 15) is 4.79 Å². The van der Waals surface area contributed by atoms with E-state index in [1.165, 1.54) is 7.11 Å². The summed E-state index contributed by atoms with van der Waals surface area (Å²) in [6, 6.07) is 9.01. The molecule has 0 spiro atoms. The van der Waals surface area contributed by atoms with Crippen molar-refractivity contribution in [1.29, 1.82) is 0 Å². The summed E-state index contributed by atoms with van der Waals surface area (Å²) in [6.45, 7) is 0. The van der Waals surface area contributed by atoms with E-state index in [-0.39, 0.29) is 0 Å². The number of carbonyl (C=O) groups is 1. The Labute approximate surface area is 98.4 Å². The Hall–Kier alpha value is -2.07. The van der Waals surface area contributed by atoms with E-state index in [1.807, 2.05) is 18.2 Å². The SMILES string of the molecule is COC(C(=O)O)c1ccc(-c2ccoc2)cc1. The van der Waals surface area contributed by atoms with Crippen LogP contribution in [0.4, 0.5) is 0 Å². The minimum Gasteiger partial charge on any atom is -0.479 e. The first-order valence-electron chi connectivity index (χ1n) is 5.10. The lowest BCUT2D eigenvalue weighted by Crippen LogP contribution is -2.13. The number of aliphatic carboxylic acids is 1. The summed E-state index contributed by atoms with van der Waals surface area (Å²) < 4.78 is 9.90. The molecule has 0 aliphatic carbocycles. The molecule has 1 heterocycles. The van der Waals surface area contributed by atoms with Crippen LogP contribution in [0.5, 0.6) is 0 Å². The summed E-state index contributed by atoms with van der Waals surface area (Å²) in [6.07, 6.45) is 2.31. The van der Waals surface area contributed by atoms with Crippen LogP contribution in [-0.4, -0.2) is 18.2 Å². The molecule has 88 valence electrons. The molecule has 17 heavy (non-hydrogen) atoms. The fraction of sp³-hybridized carbons (Fsp3) is 0.154. The third-order valence-electron chi connectivity index (χ3n) is 2.53. The summed E-state index contributed by atoms with van der Waals surface area (Å²) in [5, 5.41) is 8.94. The van der Waals surface area contributed by atoms with Crippen molar-refractivity contribution in [2.75, 3.05) is 7.11 Å². The number of ether oxygens (including phenoxy) is 1. The Kier molecular flexibility index (Phi) is 3.25. The van der Waals surface area contributed by atoms with Crippen molar-refractivity contribution in [2.24, 2.45) is 0 Å². The van der Waals surface area contributed by atoms with Crippen molar-refractivity contribution in [2.45, 2.75) is 6.10 Å². The number of methoxy groups -OCH3 is 1. The van der Waals surface area contributed by atoms with E-state index in [1.54, 1.807) is 24.7 Å². The van der Waals surface area contributed by atoms with Crippen molar-refractivity contribution < 1.29 is 19.1 Å². The zero-order chi connectivity index (χ0) is 12.3. The van der Waals surface area contributed by atoms with Gasteiger partial charge in [-0.15, -0.1) is 0 Å². The quantitative estimate of drug-likeness (QED) is 0.880. The number of rotatable bonds is 4. The second kappa shape index (κ2) is 4.84. The van der Waals surface area contributed by atoms with Crippen molar-refractivity contribution in [1.82, 2.24) is 0 Å². The monoisotopic (exact) mass is 232 g/mol. The van der Waals surface area contributed by atoms with Crippen LogP contribution in [0.15, 0.2) is 47.3 Å². The third kappa shape index (κ3) is 2.37. The van der Waals surface area contributed by atoms with Crippen LogP contribution < -0.4 is 0 Å². The molecule has 1 aromatic carbocycles. The first kappa shape index (κ1) is 11.4. The van der Waals surface area contributed by atoms with Gasteiger partial charge >= 0.3 is 5.97 Å². The second-order valence-electron chi connectivity index (χ2n) is 3.59. The van der Waals surface area contributed by atoms with Gasteiger partial charge in [0.25, 0.3) is 0 Å². The molecule has 1 N–H and O–H groups in total. The fourth-order valence-electron chi connectivity index (χ4n) is 1.66. The summed E-state index contributed by atoms with van der Waals surface area (Å²) in [7, 11) is 1.38. The predicted molar refractivity (Wildman–Crippen MR) is 61.5 cm³/mol. The Bertz CT molecular complexity index is 485. The average molecular weight is 232 g/mol. The van der Waals surface area contributed by atoms with E-state index in [2.05, 4.69) is 0 Å². The van der Waals surface area contributed by atoms with Gasteiger partial charge < -0.3 is 14.3 Å². The molecule has 1 atom stereocenters. The second-order valence-corrected chi connectivity index (χ2v) is 3.59. The van der Waals surface area contributed by atoms with Crippen LogP contribution >= 0.6 is 0 Å². The van der Waals surface area contributed by atoms with Gasteiger partial charge in [-0.2, -0.15) is 0 Å². The van der Waals surface area contributed by atoms with Crippen molar-refractivity contribution >= 4 is 5.97 Å². The molecule has 0 amide bonds. The molecule has 0 saturated carbocycles. The van der Waals surface area contributed by atoms with Crippen LogP contribution in [0.25, 0.3) is 11.1 Å². The minimum absolute atomic E-state index is 0.618. The Morgan fingerprint density at radius 3 is 2.41 bits per heavy atom. The van der Waals surface area contributed by atoms with Crippen molar-refractivity contribution in [3.63, 3.8) is 0 Å². The zero-order valence-electron chi connectivity index (χ0n) is 9.29. The molecule has 0 fully saturated rings. The summed E-state index contributed by atoms with van der Waals surface area (Å²) >= 11 is 0. The van der Waals surface area contributed by atoms with Crippen LogP contribution in [0.3, 0.4) is 0 Å². The van der Waals surface area contributed by atoms with Crippen LogP contribution in [0, 0.1) is 0 Å². The molecule has 2 rings (SSSR count). The molecule has 0 aliphatic rings. The van der Waals surface area contributed by atoms with Gasteiger partial charge in [-0.3, -0.25) is 0 Å². The van der Waals surface area contributed by atoms with Gasteiger partial charge in [-0.1, -0.05) is 24.3 Å². The van der Waals surface area contributed by atoms with E-state index in [4.69, 9.17) is 14.3 Å². The Morgan fingerprint density at radius 1 is 1.24 bits per heavy atom. The summed E-state index contributed by atoms with van der Waals surface area (Å²) in [4.78, 5) is 10.9. The highest BCUT2D eigenvalue weighted by molar-refractivity contribution is 5.75. The molecule has 4 heteroatoms. The number of hydrogen-bond acceptors (Lipinski definition) is 3. The smallest absolute Gasteiger partial charge is 0.337 e. The lowest BCUT2D eigenvalue weighted by Gasteiger charge is -2.10. The molecule has 0 aliphatic heterocycles. The molecule has 2 aromatic rings. The number of carboxylic acids is 1. The minimum atomic E-state index is -0.997. The van der Waals surface area contributed by atoms with Gasteiger partial charge in [-0.25, -0.2) is 4.79 Å². The normalized spacial score (nSPS) is 12.3. The van der Waals surface area contributed by atoms with E-state index in [0.717, 1.165) is 11.1 Å². The molecule has 1 unspecified atom stereocenters. The lowest BCUT2D eigenvalue weighted by molar-refractivity contribution is -0.148. The van der Waals surface area contributed by atoms with Gasteiger partial charge in [0.05, 0.1) is 12.5 Å².